The Labute approximate surface area is 117 Å². The molecule has 0 aromatic carbocycles. The van der Waals surface area contributed by atoms with Crippen LogP contribution in [-0.2, 0) is 4.74 Å². The molecular weight excluding hydrogens is 284 g/mol. The molecule has 10 nitrogen and oxygen atoms in total. The van der Waals surface area contributed by atoms with Crippen molar-refractivity contribution in [2.24, 2.45) is 0 Å². The first kappa shape index (κ1) is 14.1. The molecule has 2 aromatic rings. The lowest BCUT2D eigenvalue weighted by molar-refractivity contribution is -0.149. The Morgan fingerprint density at radius 2 is 2.05 bits per heavy atom. The van der Waals surface area contributed by atoms with E-state index < -0.39 is 42.8 Å². The van der Waals surface area contributed by atoms with E-state index in [4.69, 9.17) is 4.74 Å². The predicted octanol–water partition coefficient (Wildman–Crippen LogP) is -2.91. The predicted molar refractivity (Wildman–Crippen MR) is 67.2 cm³/mol. The van der Waals surface area contributed by atoms with E-state index in [1.54, 1.807) is 0 Å². The second-order valence-corrected chi connectivity index (χ2v) is 4.88. The zero-order chi connectivity index (χ0) is 15.2. The van der Waals surface area contributed by atoms with Gasteiger partial charge in [0.15, 0.2) is 17.4 Å². The first-order chi connectivity index (χ1) is 10.0. The molecule has 5 N–H and O–H groups in total. The van der Waals surface area contributed by atoms with Gasteiger partial charge >= 0.3 is 0 Å². The SMILES string of the molecule is O=c1[nH]cnc2c1ncn2C1OC(CO)(CO)C(O)C1O. The summed E-state index contributed by atoms with van der Waals surface area (Å²) < 4.78 is 6.70. The molecule has 0 bridgehead atoms. The Morgan fingerprint density at radius 3 is 2.67 bits per heavy atom. The number of H-pyrrole nitrogens is 1. The minimum absolute atomic E-state index is 0.0493. The lowest BCUT2D eigenvalue weighted by atomic mass is 9.97. The van der Waals surface area contributed by atoms with Crippen LogP contribution >= 0.6 is 0 Å². The minimum Gasteiger partial charge on any atom is -0.393 e. The molecule has 0 radical (unpaired) electrons. The fraction of sp³-hybridized carbons (Fsp3) is 0.545. The molecule has 10 heteroatoms. The molecule has 2 aromatic heterocycles. The number of nitrogens with one attached hydrogen (secondary N) is 1. The quantitative estimate of drug-likeness (QED) is 0.404. The maximum absolute atomic E-state index is 11.6. The molecule has 1 aliphatic rings. The number of imidazole rings is 1. The number of nitrogens with zero attached hydrogens (tertiary/aromatic N) is 3. The van der Waals surface area contributed by atoms with Crippen LogP contribution in [0.2, 0.25) is 0 Å². The van der Waals surface area contributed by atoms with Crippen LogP contribution in [0.3, 0.4) is 0 Å². The van der Waals surface area contributed by atoms with Crippen LogP contribution in [0, 0.1) is 0 Å². The average molecular weight is 298 g/mol. The topological polar surface area (TPSA) is 154 Å². The van der Waals surface area contributed by atoms with Gasteiger partial charge in [0.25, 0.3) is 5.56 Å². The molecule has 0 amide bonds. The third-order valence-electron chi connectivity index (χ3n) is 3.68. The summed E-state index contributed by atoms with van der Waals surface area (Å²) in [4.78, 5) is 21.8. The zero-order valence-electron chi connectivity index (χ0n) is 10.7. The number of hydrogen-bond donors (Lipinski definition) is 5. The maximum Gasteiger partial charge on any atom is 0.278 e. The summed E-state index contributed by atoms with van der Waals surface area (Å²) in [5.74, 6) is 0. The molecule has 114 valence electrons. The summed E-state index contributed by atoms with van der Waals surface area (Å²) in [5, 5.41) is 38.7. The van der Waals surface area contributed by atoms with Crippen molar-refractivity contribution in [2.45, 2.75) is 24.0 Å². The van der Waals surface area contributed by atoms with Crippen LogP contribution < -0.4 is 5.56 Å². The van der Waals surface area contributed by atoms with E-state index in [9.17, 15) is 25.2 Å². The molecule has 0 saturated carbocycles. The smallest absolute Gasteiger partial charge is 0.278 e. The average Bonchev–Trinajstić information content (AvgIpc) is 3.02. The lowest BCUT2D eigenvalue weighted by Gasteiger charge is -2.27. The summed E-state index contributed by atoms with van der Waals surface area (Å²) in [6.45, 7) is -1.36. The van der Waals surface area contributed by atoms with Crippen molar-refractivity contribution in [1.82, 2.24) is 19.5 Å². The number of aliphatic hydroxyl groups is 4. The normalized spacial score (nSPS) is 28.3. The summed E-state index contributed by atoms with van der Waals surface area (Å²) >= 11 is 0. The third kappa shape index (κ3) is 1.88. The molecule has 3 rings (SSSR count). The maximum atomic E-state index is 11.6. The van der Waals surface area contributed by atoms with E-state index in [1.807, 2.05) is 0 Å². The molecule has 1 saturated heterocycles. The molecule has 3 unspecified atom stereocenters. The van der Waals surface area contributed by atoms with Crippen LogP contribution in [0.25, 0.3) is 11.2 Å². The number of aliphatic hydroxyl groups excluding tert-OH is 4. The summed E-state index contributed by atoms with van der Waals surface area (Å²) in [5.41, 5.74) is -1.95. The Morgan fingerprint density at radius 1 is 1.33 bits per heavy atom. The van der Waals surface area contributed by atoms with Crippen LogP contribution in [0.5, 0.6) is 0 Å². The molecule has 1 aliphatic heterocycles. The molecule has 0 spiro atoms. The van der Waals surface area contributed by atoms with E-state index in [2.05, 4.69) is 15.0 Å². The second-order valence-electron chi connectivity index (χ2n) is 4.88. The number of aromatic amines is 1. The van der Waals surface area contributed by atoms with Gasteiger partial charge in [0.2, 0.25) is 0 Å². The van der Waals surface area contributed by atoms with Crippen LogP contribution in [0.15, 0.2) is 17.4 Å². The Bertz CT molecular complexity index is 708. The Kier molecular flexibility index (Phi) is 3.26. The van der Waals surface area contributed by atoms with E-state index in [-0.39, 0.29) is 11.2 Å². The highest BCUT2D eigenvalue weighted by Crippen LogP contribution is 2.37. The first-order valence-electron chi connectivity index (χ1n) is 6.20. The number of rotatable bonds is 3. The lowest BCUT2D eigenvalue weighted by Crippen LogP contribution is -2.49. The van der Waals surface area contributed by atoms with E-state index in [1.165, 1.54) is 17.2 Å². The van der Waals surface area contributed by atoms with Gasteiger partial charge in [-0.1, -0.05) is 0 Å². The molecular formula is C11H14N4O6. The molecule has 0 aliphatic carbocycles. The van der Waals surface area contributed by atoms with Crippen LogP contribution in [0.1, 0.15) is 6.23 Å². The molecule has 3 atom stereocenters. The van der Waals surface area contributed by atoms with Crippen molar-refractivity contribution in [3.05, 3.63) is 23.0 Å². The van der Waals surface area contributed by atoms with Crippen molar-refractivity contribution >= 4 is 11.2 Å². The number of fused-ring (bicyclic) bond motifs is 1. The number of aromatic nitrogens is 4. The summed E-state index contributed by atoms with van der Waals surface area (Å²) in [6, 6.07) is 0. The molecule has 1 fully saturated rings. The fourth-order valence-corrected chi connectivity index (χ4v) is 2.43. The molecule has 21 heavy (non-hydrogen) atoms. The Balaban J connectivity index is 2.08. The van der Waals surface area contributed by atoms with Gasteiger partial charge in [-0.15, -0.1) is 0 Å². The van der Waals surface area contributed by atoms with Gasteiger partial charge in [0.05, 0.1) is 25.9 Å². The first-order valence-corrected chi connectivity index (χ1v) is 6.20. The third-order valence-corrected chi connectivity index (χ3v) is 3.68. The van der Waals surface area contributed by atoms with Gasteiger partial charge < -0.3 is 30.1 Å². The van der Waals surface area contributed by atoms with Gasteiger partial charge in [-0.2, -0.15) is 0 Å². The van der Waals surface area contributed by atoms with Gasteiger partial charge in [-0.05, 0) is 0 Å². The highest BCUT2D eigenvalue weighted by Gasteiger charge is 2.54. The monoisotopic (exact) mass is 298 g/mol. The zero-order valence-corrected chi connectivity index (χ0v) is 10.7. The van der Waals surface area contributed by atoms with Crippen molar-refractivity contribution in [3.8, 4) is 0 Å². The van der Waals surface area contributed by atoms with E-state index in [0.29, 0.717) is 0 Å². The number of ether oxygens (including phenoxy) is 1. The van der Waals surface area contributed by atoms with Gasteiger partial charge in [-0.3, -0.25) is 9.36 Å². The highest BCUT2D eigenvalue weighted by molar-refractivity contribution is 5.68. The van der Waals surface area contributed by atoms with Crippen molar-refractivity contribution in [3.63, 3.8) is 0 Å². The van der Waals surface area contributed by atoms with Gasteiger partial charge in [-0.25, -0.2) is 9.97 Å². The van der Waals surface area contributed by atoms with Crippen LogP contribution in [-0.4, -0.2) is 71.0 Å². The largest absolute Gasteiger partial charge is 0.393 e. The summed E-state index contributed by atoms with van der Waals surface area (Å²) in [7, 11) is 0. The van der Waals surface area contributed by atoms with Crippen LogP contribution in [0.4, 0.5) is 0 Å². The van der Waals surface area contributed by atoms with Gasteiger partial charge in [0.1, 0.15) is 17.8 Å². The van der Waals surface area contributed by atoms with Gasteiger partial charge in [0, 0.05) is 0 Å². The highest BCUT2D eigenvalue weighted by atomic mass is 16.6. The minimum atomic E-state index is -1.69. The Hall–Kier alpha value is -1.85. The fourth-order valence-electron chi connectivity index (χ4n) is 2.43. The van der Waals surface area contributed by atoms with E-state index >= 15 is 0 Å². The summed E-state index contributed by atoms with van der Waals surface area (Å²) in [6.07, 6.45) is -1.66. The van der Waals surface area contributed by atoms with Crippen molar-refractivity contribution < 1.29 is 25.2 Å². The molecule has 3 heterocycles. The number of hydrogen-bond acceptors (Lipinski definition) is 8. The van der Waals surface area contributed by atoms with E-state index in [0.717, 1.165) is 0 Å². The second kappa shape index (κ2) is 4.86. The van der Waals surface area contributed by atoms with Crippen molar-refractivity contribution in [2.75, 3.05) is 13.2 Å². The standard InChI is InChI=1S/C11H14N4O6/c16-1-11(2-17)7(19)6(18)10(21-11)15-4-14-5-8(15)12-3-13-9(5)20/h3-4,6-7,10,16-19H,1-2H2,(H,12,13,20). The van der Waals surface area contributed by atoms with Crippen molar-refractivity contribution in [1.29, 1.82) is 0 Å².